The Balaban J connectivity index is 0.000000440. The molecule has 36 heavy (non-hydrogen) atoms. The first kappa shape index (κ1) is 29.2. The summed E-state index contributed by atoms with van der Waals surface area (Å²) in [6.45, 7) is 19.4. The first-order valence-corrected chi connectivity index (χ1v) is 13.3. The standard InChI is InChI=1S/C19H20N6OS.C6H15N.C2H6/c1-3-17(26)25-8-6-13(11-25)21-15-9-12(2)10-16(23-15)24-19-22-14-5-4-7-20-18(14)27-19;1-5(7)6(2,3)4;1-2/h3-5,7,9-10,13H,1,6,8,11H2,2H3,(H2,21,22,23,24);5H,7H2,1-4H3;1-2H3/t;5-;/m.0./s1. The second kappa shape index (κ2) is 13.3. The zero-order valence-corrected chi connectivity index (χ0v) is 23.4. The smallest absolute Gasteiger partial charge is 0.246 e. The minimum absolute atomic E-state index is 0.0247. The van der Waals surface area contributed by atoms with E-state index in [1.54, 1.807) is 11.1 Å². The van der Waals surface area contributed by atoms with Crippen LogP contribution in [0.5, 0.6) is 0 Å². The number of hydrogen-bond donors (Lipinski definition) is 3. The van der Waals surface area contributed by atoms with Gasteiger partial charge in [0.05, 0.1) is 0 Å². The molecule has 0 aromatic carbocycles. The Bertz CT molecular complexity index is 1100. The van der Waals surface area contributed by atoms with Crippen LogP contribution in [0.1, 0.15) is 53.5 Å². The van der Waals surface area contributed by atoms with Gasteiger partial charge in [0.15, 0.2) is 5.13 Å². The van der Waals surface area contributed by atoms with Crippen LogP contribution in [-0.4, -0.2) is 50.9 Å². The van der Waals surface area contributed by atoms with E-state index in [1.807, 2.05) is 52.0 Å². The number of carbonyl (C=O) groups excluding carboxylic acids is 1. The zero-order valence-electron chi connectivity index (χ0n) is 22.6. The third kappa shape index (κ3) is 8.57. The molecule has 1 fully saturated rings. The summed E-state index contributed by atoms with van der Waals surface area (Å²) < 4.78 is 0. The van der Waals surface area contributed by atoms with Crippen molar-refractivity contribution < 1.29 is 4.79 Å². The highest BCUT2D eigenvalue weighted by atomic mass is 32.1. The van der Waals surface area contributed by atoms with Crippen LogP contribution in [0, 0.1) is 12.3 Å². The van der Waals surface area contributed by atoms with Crippen molar-refractivity contribution in [2.75, 3.05) is 23.7 Å². The number of pyridine rings is 2. The van der Waals surface area contributed by atoms with Gasteiger partial charge in [0.25, 0.3) is 0 Å². The van der Waals surface area contributed by atoms with Crippen LogP contribution in [0.15, 0.2) is 43.1 Å². The first-order valence-electron chi connectivity index (χ1n) is 12.5. The highest BCUT2D eigenvalue weighted by molar-refractivity contribution is 7.21. The molecule has 1 amide bonds. The second-order valence-electron chi connectivity index (χ2n) is 9.66. The summed E-state index contributed by atoms with van der Waals surface area (Å²) in [5.74, 6) is 1.49. The number of aromatic nitrogens is 3. The zero-order chi connectivity index (χ0) is 26.9. The fraction of sp³-hybridized carbons (Fsp3) is 0.481. The number of carbonyl (C=O) groups is 1. The Hall–Kier alpha value is -3.04. The second-order valence-corrected chi connectivity index (χ2v) is 10.6. The summed E-state index contributed by atoms with van der Waals surface area (Å²) in [5.41, 5.74) is 7.81. The van der Waals surface area contributed by atoms with Gasteiger partial charge in [0.1, 0.15) is 22.0 Å². The Kier molecular flexibility index (Phi) is 10.8. The van der Waals surface area contributed by atoms with Gasteiger partial charge in [-0.1, -0.05) is 52.5 Å². The average molecular weight is 512 g/mol. The molecule has 0 saturated carbocycles. The van der Waals surface area contributed by atoms with Crippen LogP contribution >= 0.6 is 11.3 Å². The molecule has 9 heteroatoms. The van der Waals surface area contributed by atoms with Gasteiger partial charge in [0, 0.05) is 31.4 Å². The number of hydrogen-bond acceptors (Lipinski definition) is 8. The van der Waals surface area contributed by atoms with Crippen molar-refractivity contribution in [2.24, 2.45) is 11.1 Å². The number of likely N-dealkylation sites (tertiary alicyclic amines) is 1. The molecule has 0 aliphatic carbocycles. The van der Waals surface area contributed by atoms with Crippen molar-refractivity contribution in [1.82, 2.24) is 19.9 Å². The largest absolute Gasteiger partial charge is 0.365 e. The van der Waals surface area contributed by atoms with E-state index in [4.69, 9.17) is 5.73 Å². The van der Waals surface area contributed by atoms with Crippen LogP contribution in [0.4, 0.5) is 16.8 Å². The summed E-state index contributed by atoms with van der Waals surface area (Å²) in [6.07, 6.45) is 4.02. The normalized spacial score (nSPS) is 15.8. The third-order valence-corrected chi connectivity index (χ3v) is 6.66. The van der Waals surface area contributed by atoms with Gasteiger partial charge in [-0.25, -0.2) is 15.0 Å². The molecule has 4 heterocycles. The Morgan fingerprint density at radius 3 is 2.56 bits per heavy atom. The monoisotopic (exact) mass is 511 g/mol. The Morgan fingerprint density at radius 1 is 1.28 bits per heavy atom. The van der Waals surface area contributed by atoms with Crippen molar-refractivity contribution in [2.45, 2.75) is 67.0 Å². The van der Waals surface area contributed by atoms with Gasteiger partial charge >= 0.3 is 0 Å². The number of nitrogens with one attached hydrogen (secondary N) is 2. The Morgan fingerprint density at radius 2 is 1.94 bits per heavy atom. The highest BCUT2D eigenvalue weighted by Crippen LogP contribution is 2.27. The lowest BCUT2D eigenvalue weighted by Crippen LogP contribution is -2.31. The van der Waals surface area contributed by atoms with Gasteiger partial charge < -0.3 is 21.3 Å². The van der Waals surface area contributed by atoms with Gasteiger partial charge in [-0.3, -0.25) is 4.79 Å². The highest BCUT2D eigenvalue weighted by Gasteiger charge is 2.25. The molecule has 4 rings (SSSR count). The van der Waals surface area contributed by atoms with E-state index in [0.717, 1.165) is 45.6 Å². The van der Waals surface area contributed by atoms with Gasteiger partial charge in [-0.05, 0) is 61.6 Å². The summed E-state index contributed by atoms with van der Waals surface area (Å²) in [4.78, 5) is 27.9. The van der Waals surface area contributed by atoms with E-state index in [-0.39, 0.29) is 17.4 Å². The maximum atomic E-state index is 11.7. The molecule has 1 unspecified atom stereocenters. The van der Waals surface area contributed by atoms with E-state index < -0.39 is 0 Å². The third-order valence-electron chi connectivity index (χ3n) is 5.76. The molecule has 0 radical (unpaired) electrons. The molecule has 196 valence electrons. The van der Waals surface area contributed by atoms with Crippen molar-refractivity contribution in [3.05, 3.63) is 48.7 Å². The molecular formula is C27H41N7OS. The molecule has 4 N–H and O–H groups in total. The number of amides is 1. The predicted molar refractivity (Wildman–Crippen MR) is 153 cm³/mol. The number of anilines is 3. The summed E-state index contributed by atoms with van der Waals surface area (Å²) in [5, 5.41) is 7.47. The molecule has 3 aromatic heterocycles. The predicted octanol–water partition coefficient (Wildman–Crippen LogP) is 5.74. The van der Waals surface area contributed by atoms with Crippen molar-refractivity contribution >= 4 is 44.4 Å². The number of nitrogens with zero attached hydrogens (tertiary/aromatic N) is 4. The fourth-order valence-corrected chi connectivity index (χ4v) is 3.97. The van der Waals surface area contributed by atoms with E-state index >= 15 is 0 Å². The lowest BCUT2D eigenvalue weighted by molar-refractivity contribution is -0.125. The summed E-state index contributed by atoms with van der Waals surface area (Å²) in [6, 6.07) is 8.28. The minimum Gasteiger partial charge on any atom is -0.365 e. The number of thiazole rings is 1. The van der Waals surface area contributed by atoms with Crippen LogP contribution in [-0.2, 0) is 4.79 Å². The lowest BCUT2D eigenvalue weighted by atomic mass is 9.89. The topological polar surface area (TPSA) is 109 Å². The minimum atomic E-state index is -0.0247. The maximum Gasteiger partial charge on any atom is 0.246 e. The molecule has 2 atom stereocenters. The van der Waals surface area contributed by atoms with Crippen LogP contribution in [0.3, 0.4) is 0 Å². The van der Waals surface area contributed by atoms with Gasteiger partial charge in [-0.2, -0.15) is 0 Å². The molecule has 3 aromatic rings. The van der Waals surface area contributed by atoms with Crippen molar-refractivity contribution in [3.63, 3.8) is 0 Å². The van der Waals surface area contributed by atoms with Gasteiger partial charge in [-0.15, -0.1) is 0 Å². The average Bonchev–Trinajstić information content (AvgIpc) is 3.45. The molecule has 8 nitrogen and oxygen atoms in total. The van der Waals surface area contributed by atoms with Crippen molar-refractivity contribution in [1.29, 1.82) is 0 Å². The number of rotatable bonds is 5. The molecule has 0 bridgehead atoms. The van der Waals surface area contributed by atoms with E-state index in [9.17, 15) is 4.79 Å². The quantitative estimate of drug-likeness (QED) is 0.375. The molecule has 0 spiro atoms. The number of aryl methyl sites for hydroxylation is 1. The van der Waals surface area contributed by atoms with E-state index in [2.05, 4.69) is 52.9 Å². The fourth-order valence-electron chi connectivity index (χ4n) is 3.15. The summed E-state index contributed by atoms with van der Waals surface area (Å²) in [7, 11) is 0. The van der Waals surface area contributed by atoms with Crippen LogP contribution < -0.4 is 16.4 Å². The SMILES string of the molecule is C=CC(=O)N1CCC(Nc2cc(C)cc(Nc3nc4cccnc4s3)n2)C1.CC.C[C@H](N)C(C)(C)C. The number of nitrogens with two attached hydrogens (primary N) is 1. The first-order chi connectivity index (χ1) is 17.0. The van der Waals surface area contributed by atoms with Crippen LogP contribution in [0.2, 0.25) is 0 Å². The van der Waals surface area contributed by atoms with Crippen molar-refractivity contribution in [3.8, 4) is 0 Å². The maximum absolute atomic E-state index is 11.7. The molecule has 1 saturated heterocycles. The van der Waals surface area contributed by atoms with Crippen LogP contribution in [0.25, 0.3) is 10.3 Å². The van der Waals surface area contributed by atoms with Gasteiger partial charge in [0.2, 0.25) is 5.91 Å². The lowest BCUT2D eigenvalue weighted by Gasteiger charge is -2.22. The molecule has 1 aliphatic rings. The van der Waals surface area contributed by atoms with E-state index in [1.165, 1.54) is 17.4 Å². The molecule has 1 aliphatic heterocycles. The van der Waals surface area contributed by atoms with E-state index in [0.29, 0.717) is 12.6 Å². The number of fused-ring (bicyclic) bond motifs is 1. The molecular weight excluding hydrogens is 470 g/mol. The summed E-state index contributed by atoms with van der Waals surface area (Å²) >= 11 is 1.50. The Labute approximate surface area is 219 Å².